The highest BCUT2D eigenvalue weighted by Gasteiger charge is 2.54. The molecule has 5 heteroatoms. The maximum absolute atomic E-state index is 14.2. The Bertz CT molecular complexity index is 1100. The molecule has 0 aromatic heterocycles. The summed E-state index contributed by atoms with van der Waals surface area (Å²) in [6, 6.07) is 16.0. The molecule has 0 aliphatic carbocycles. The first-order valence-corrected chi connectivity index (χ1v) is 15.0. The SMILES string of the molecule is C#CC(CC1(C(=C)C)C(=O)N(Cc2ccccc2)c2c(Br)cccc21)O[Si](C)(C)C(C)(C)C. The molecular weight excluding hydrogens is 490 g/mol. The molecule has 0 bridgehead atoms. The van der Waals surface area contributed by atoms with Gasteiger partial charge >= 0.3 is 0 Å². The average molecular weight is 525 g/mol. The van der Waals surface area contributed by atoms with E-state index in [0.29, 0.717) is 13.0 Å². The van der Waals surface area contributed by atoms with Gasteiger partial charge in [0, 0.05) is 10.9 Å². The van der Waals surface area contributed by atoms with Crippen molar-refractivity contribution in [2.45, 2.75) is 70.3 Å². The standard InChI is InChI=1S/C28H34BrNO2Si/c1-9-22(32-33(7,8)27(4,5)6)18-28(20(2)3)23-16-13-17-24(29)25(23)30(26(28)31)19-21-14-11-10-12-15-21/h1,10-17,22H,2,18-19H2,3-8H3. The second-order valence-electron chi connectivity index (χ2n) is 10.4. The molecule has 3 rings (SSSR count). The number of nitrogens with zero attached hydrogens (tertiary/aromatic N) is 1. The monoisotopic (exact) mass is 523 g/mol. The molecule has 0 radical (unpaired) electrons. The van der Waals surface area contributed by atoms with Crippen LogP contribution in [-0.2, 0) is 21.2 Å². The zero-order valence-electron chi connectivity index (χ0n) is 20.5. The molecule has 0 N–H and O–H groups in total. The van der Waals surface area contributed by atoms with Crippen molar-refractivity contribution in [3.05, 3.63) is 76.3 Å². The van der Waals surface area contributed by atoms with Gasteiger partial charge in [-0.2, -0.15) is 0 Å². The van der Waals surface area contributed by atoms with Gasteiger partial charge in [0.2, 0.25) is 5.91 Å². The Hall–Kier alpha value is -2.13. The Kier molecular flexibility index (Phi) is 7.15. The van der Waals surface area contributed by atoms with Gasteiger partial charge < -0.3 is 9.33 Å². The van der Waals surface area contributed by atoms with E-state index in [1.807, 2.05) is 60.4 Å². The van der Waals surface area contributed by atoms with E-state index in [-0.39, 0.29) is 10.9 Å². The topological polar surface area (TPSA) is 29.5 Å². The van der Waals surface area contributed by atoms with E-state index in [1.54, 1.807) is 0 Å². The summed E-state index contributed by atoms with van der Waals surface area (Å²) in [5, 5.41) is 0.0124. The van der Waals surface area contributed by atoms with Crippen LogP contribution in [0.5, 0.6) is 0 Å². The van der Waals surface area contributed by atoms with Gasteiger partial charge in [0.05, 0.1) is 12.2 Å². The summed E-state index contributed by atoms with van der Waals surface area (Å²) < 4.78 is 7.50. The first-order valence-electron chi connectivity index (χ1n) is 11.3. The number of terminal acetylenes is 1. The molecule has 0 saturated heterocycles. The number of hydrogen-bond acceptors (Lipinski definition) is 2. The lowest BCUT2D eigenvalue weighted by Crippen LogP contribution is -2.48. The Labute approximate surface area is 208 Å². The van der Waals surface area contributed by atoms with Crippen molar-refractivity contribution in [2.75, 3.05) is 4.90 Å². The summed E-state index contributed by atoms with van der Waals surface area (Å²) >= 11 is 3.70. The second kappa shape index (κ2) is 9.25. The molecule has 0 saturated carbocycles. The molecule has 33 heavy (non-hydrogen) atoms. The molecule has 3 nitrogen and oxygen atoms in total. The third kappa shape index (κ3) is 4.62. The molecule has 1 amide bonds. The molecule has 1 heterocycles. The fourth-order valence-corrected chi connectivity index (χ4v) is 6.02. The highest BCUT2D eigenvalue weighted by Crippen LogP contribution is 2.52. The number of hydrogen-bond donors (Lipinski definition) is 0. The predicted octanol–water partition coefficient (Wildman–Crippen LogP) is 7.22. The van der Waals surface area contributed by atoms with Gasteiger partial charge in [-0.1, -0.05) is 81.3 Å². The van der Waals surface area contributed by atoms with Crippen LogP contribution in [0.1, 0.15) is 45.2 Å². The maximum atomic E-state index is 14.2. The predicted molar refractivity (Wildman–Crippen MR) is 144 cm³/mol. The Morgan fingerprint density at radius 2 is 1.85 bits per heavy atom. The Morgan fingerprint density at radius 3 is 2.39 bits per heavy atom. The van der Waals surface area contributed by atoms with Crippen LogP contribution in [0.25, 0.3) is 0 Å². The van der Waals surface area contributed by atoms with Crippen molar-refractivity contribution in [2.24, 2.45) is 0 Å². The lowest BCUT2D eigenvalue weighted by molar-refractivity contribution is -0.122. The average Bonchev–Trinajstić information content (AvgIpc) is 2.97. The Balaban J connectivity index is 2.09. The fourth-order valence-electron chi connectivity index (χ4n) is 4.23. The van der Waals surface area contributed by atoms with Crippen molar-refractivity contribution in [3.63, 3.8) is 0 Å². The summed E-state index contributed by atoms with van der Waals surface area (Å²) in [7, 11) is -2.14. The van der Waals surface area contributed by atoms with Crippen LogP contribution >= 0.6 is 15.9 Å². The molecule has 2 unspecified atom stereocenters. The molecule has 2 aromatic rings. The number of fused-ring (bicyclic) bond motifs is 1. The highest BCUT2D eigenvalue weighted by molar-refractivity contribution is 9.10. The largest absolute Gasteiger partial charge is 0.403 e. The minimum atomic E-state index is -2.14. The number of rotatable bonds is 7. The van der Waals surface area contributed by atoms with Gasteiger partial charge in [0.25, 0.3) is 0 Å². The second-order valence-corrected chi connectivity index (χ2v) is 16.0. The van der Waals surface area contributed by atoms with Gasteiger partial charge in [-0.3, -0.25) is 4.79 Å². The summed E-state index contributed by atoms with van der Waals surface area (Å²) in [4.78, 5) is 16.1. The number of amides is 1. The van der Waals surface area contributed by atoms with Crippen LogP contribution in [-0.4, -0.2) is 20.3 Å². The van der Waals surface area contributed by atoms with Gasteiger partial charge in [-0.15, -0.1) is 6.42 Å². The lowest BCUT2D eigenvalue weighted by atomic mass is 9.72. The number of para-hydroxylation sites is 1. The first kappa shape index (κ1) is 25.5. The van der Waals surface area contributed by atoms with Crippen LogP contribution in [0.4, 0.5) is 5.69 Å². The third-order valence-corrected chi connectivity index (χ3v) is 12.3. The minimum Gasteiger partial charge on any atom is -0.403 e. The van der Waals surface area contributed by atoms with E-state index in [0.717, 1.165) is 26.9 Å². The fraction of sp³-hybridized carbons (Fsp3) is 0.393. The number of benzene rings is 2. The molecule has 0 fully saturated rings. The van der Waals surface area contributed by atoms with Gasteiger partial charge in [0.15, 0.2) is 8.32 Å². The van der Waals surface area contributed by atoms with E-state index in [9.17, 15) is 4.79 Å². The molecule has 174 valence electrons. The van der Waals surface area contributed by atoms with E-state index in [1.165, 1.54) is 0 Å². The van der Waals surface area contributed by atoms with Gasteiger partial charge in [0.1, 0.15) is 11.5 Å². The zero-order valence-corrected chi connectivity index (χ0v) is 23.1. The van der Waals surface area contributed by atoms with E-state index in [2.05, 4.69) is 62.3 Å². The van der Waals surface area contributed by atoms with Crippen LogP contribution in [0.15, 0.2) is 65.2 Å². The van der Waals surface area contributed by atoms with Crippen LogP contribution in [0, 0.1) is 12.3 Å². The van der Waals surface area contributed by atoms with Crippen molar-refractivity contribution in [1.29, 1.82) is 0 Å². The summed E-state index contributed by atoms with van der Waals surface area (Å²) in [6.45, 7) is 17.6. The zero-order chi connectivity index (χ0) is 24.6. The van der Waals surface area contributed by atoms with Crippen molar-refractivity contribution in [3.8, 4) is 12.3 Å². The molecule has 0 spiro atoms. The number of halogens is 1. The minimum absolute atomic E-state index is 0.000153. The summed E-state index contributed by atoms with van der Waals surface area (Å²) in [6.07, 6.45) is 5.88. The highest BCUT2D eigenvalue weighted by atomic mass is 79.9. The Morgan fingerprint density at radius 1 is 1.21 bits per heavy atom. The number of anilines is 1. The molecule has 2 atom stereocenters. The normalized spacial score (nSPS) is 19.2. The molecule has 2 aromatic carbocycles. The van der Waals surface area contributed by atoms with Crippen molar-refractivity contribution >= 4 is 35.8 Å². The molecule has 1 aliphatic heterocycles. The van der Waals surface area contributed by atoms with Crippen molar-refractivity contribution in [1.82, 2.24) is 0 Å². The quantitative estimate of drug-likeness (QED) is 0.217. The number of carbonyl (C=O) groups is 1. The molecular formula is C28H34BrNO2Si. The van der Waals surface area contributed by atoms with Gasteiger partial charge in [-0.25, -0.2) is 0 Å². The van der Waals surface area contributed by atoms with Crippen LogP contribution < -0.4 is 4.90 Å². The van der Waals surface area contributed by atoms with Crippen LogP contribution in [0.2, 0.25) is 18.1 Å². The number of carbonyl (C=O) groups excluding carboxylic acids is 1. The van der Waals surface area contributed by atoms with Crippen molar-refractivity contribution < 1.29 is 9.22 Å². The van der Waals surface area contributed by atoms with E-state index < -0.39 is 19.8 Å². The summed E-state index contributed by atoms with van der Waals surface area (Å²) in [5.41, 5.74) is 2.73. The van der Waals surface area contributed by atoms with E-state index >= 15 is 0 Å². The van der Waals surface area contributed by atoms with Gasteiger partial charge in [-0.05, 0) is 58.2 Å². The smallest absolute Gasteiger partial charge is 0.242 e. The third-order valence-electron chi connectivity index (χ3n) is 7.16. The maximum Gasteiger partial charge on any atom is 0.242 e. The lowest BCUT2D eigenvalue weighted by Gasteiger charge is -2.40. The summed E-state index contributed by atoms with van der Waals surface area (Å²) in [5.74, 6) is 2.86. The van der Waals surface area contributed by atoms with E-state index in [4.69, 9.17) is 10.8 Å². The van der Waals surface area contributed by atoms with Crippen LogP contribution in [0.3, 0.4) is 0 Å². The molecule has 1 aliphatic rings. The first-order chi connectivity index (χ1) is 15.3.